The molecule has 1 radical (unpaired) electrons. The number of nitrogens with zero attached hydrogens (tertiary/aromatic N) is 2. The van der Waals surface area contributed by atoms with Gasteiger partial charge in [0.2, 0.25) is 0 Å². The number of carbonyl (C=O) groups excluding carboxylic acids is 1. The summed E-state index contributed by atoms with van der Waals surface area (Å²) in [7, 11) is -2.02. The molecule has 181 valence electrons. The van der Waals surface area contributed by atoms with Crippen molar-refractivity contribution in [3.05, 3.63) is 47.7 Å². The Morgan fingerprint density at radius 1 is 1.27 bits per heavy atom. The van der Waals surface area contributed by atoms with Crippen LogP contribution in [0, 0.1) is 12.8 Å². The Bertz CT molecular complexity index is 911. The Labute approximate surface area is 210 Å². The van der Waals surface area contributed by atoms with Crippen molar-refractivity contribution in [1.82, 2.24) is 4.90 Å². The van der Waals surface area contributed by atoms with E-state index in [1.165, 1.54) is 5.56 Å². The van der Waals surface area contributed by atoms with Crippen molar-refractivity contribution >= 4 is 40.7 Å². The van der Waals surface area contributed by atoms with E-state index in [0.29, 0.717) is 4.73 Å². The molecule has 0 unspecified atom stereocenters. The molecule has 0 bridgehead atoms. The van der Waals surface area contributed by atoms with Crippen LogP contribution in [0.2, 0.25) is 18.1 Å². The number of aliphatic imine (C=N–C) groups is 1. The van der Waals surface area contributed by atoms with Crippen LogP contribution in [0.15, 0.2) is 47.1 Å². The van der Waals surface area contributed by atoms with E-state index in [2.05, 4.69) is 76.0 Å². The molecule has 1 aromatic carbocycles. The van der Waals surface area contributed by atoms with Crippen LogP contribution in [0.25, 0.3) is 0 Å². The molecule has 0 spiro atoms. The molecule has 1 aromatic rings. The normalized spacial score (nSPS) is 20.3. The molecule has 0 aliphatic carbocycles. The molecule has 1 saturated heterocycles. The van der Waals surface area contributed by atoms with Gasteiger partial charge in [0.15, 0.2) is 0 Å². The van der Waals surface area contributed by atoms with E-state index in [1.807, 2.05) is 31.2 Å². The summed E-state index contributed by atoms with van der Waals surface area (Å²) in [4.78, 5) is 20.0. The zero-order chi connectivity index (χ0) is 25.0. The fraction of sp³-hybridized carbons (Fsp3) is 0.593. The third kappa shape index (κ3) is 6.59. The summed E-state index contributed by atoms with van der Waals surface area (Å²) in [5.74, 6) is -0.194. The molecule has 0 saturated carbocycles. The molecule has 1 aliphatic heterocycles. The summed E-state index contributed by atoms with van der Waals surface area (Å²) >= 11 is 3.04. The van der Waals surface area contributed by atoms with E-state index in [4.69, 9.17) is 9.42 Å². The molecule has 2 rings (SSSR count). The topological polar surface area (TPSA) is 41.9 Å². The molecule has 0 N–H and O–H groups in total. The number of unbranched alkanes of at least 4 members (excludes halogenated alkanes) is 2. The van der Waals surface area contributed by atoms with E-state index >= 15 is 0 Å². The van der Waals surface area contributed by atoms with E-state index in [0.717, 1.165) is 36.9 Å². The molecule has 33 heavy (non-hydrogen) atoms. The fourth-order valence-electron chi connectivity index (χ4n) is 3.96. The fourth-order valence-corrected chi connectivity index (χ4v) is 6.04. The Kier molecular flexibility index (Phi) is 9.56. The van der Waals surface area contributed by atoms with Gasteiger partial charge in [-0.2, -0.15) is 0 Å². The van der Waals surface area contributed by atoms with Gasteiger partial charge in [0.1, 0.15) is 0 Å². The van der Waals surface area contributed by atoms with Gasteiger partial charge in [0.25, 0.3) is 0 Å². The first kappa shape index (κ1) is 27.8. The quantitative estimate of drug-likeness (QED) is 0.0889. The van der Waals surface area contributed by atoms with E-state index in [9.17, 15) is 4.79 Å². The van der Waals surface area contributed by atoms with Crippen molar-refractivity contribution in [2.75, 3.05) is 0 Å². The number of hydrogen-bond donors (Lipinski definition) is 0. The Morgan fingerprint density at radius 3 is 2.39 bits per heavy atom. The van der Waals surface area contributed by atoms with Crippen LogP contribution >= 0.6 is 0 Å². The number of β-lactam (4-membered cyclic amide) rings is 1. The van der Waals surface area contributed by atoms with Crippen LogP contribution in [-0.4, -0.2) is 52.0 Å². The minimum absolute atomic E-state index is 0.0547. The molecule has 4 nitrogen and oxygen atoms in total. The molecular weight excluding hydrogens is 491 g/mol. The predicted molar refractivity (Wildman–Crippen MR) is 143 cm³/mol. The van der Waals surface area contributed by atoms with Crippen molar-refractivity contribution in [1.29, 1.82) is 0 Å². The Hall–Kier alpha value is -1.42. The summed E-state index contributed by atoms with van der Waals surface area (Å²) in [5, 5.41) is 0.0814. The van der Waals surface area contributed by atoms with Crippen LogP contribution in [-0.2, 0) is 9.22 Å². The first-order valence-electron chi connectivity index (χ1n) is 12.1. The van der Waals surface area contributed by atoms with Crippen molar-refractivity contribution in [3.63, 3.8) is 0 Å². The number of rotatable bonds is 9. The molecule has 6 heteroatoms. The first-order valence-corrected chi connectivity index (χ1v) is 15.8. The van der Waals surface area contributed by atoms with Gasteiger partial charge >= 0.3 is 211 Å². The zero-order valence-electron chi connectivity index (χ0n) is 21.7. The molecule has 1 fully saturated rings. The summed E-state index contributed by atoms with van der Waals surface area (Å²) in [6, 6.07) is 7.87. The first-order chi connectivity index (χ1) is 15.3. The van der Waals surface area contributed by atoms with Crippen molar-refractivity contribution in [2.24, 2.45) is 10.9 Å². The number of amidine groups is 1. The van der Waals surface area contributed by atoms with Gasteiger partial charge in [-0.15, -0.1) is 0 Å². The molecule has 3 atom stereocenters. The second-order valence-corrected chi connectivity index (χ2v) is 16.2. The minimum atomic E-state index is -2.02. The maximum atomic E-state index is 13.5. The zero-order valence-corrected chi connectivity index (χ0v) is 24.4. The van der Waals surface area contributed by atoms with Crippen LogP contribution < -0.4 is 0 Å². The van der Waals surface area contributed by atoms with E-state index < -0.39 is 8.32 Å². The third-order valence-electron chi connectivity index (χ3n) is 7.03. The monoisotopic (exact) mass is 533 g/mol. The SMILES string of the molecule is C=C=C(CCCCC)[C@@H]1[C@@H]([C@@H](C)O[Si](C)(C)C(C)(C)C)C(=O)N1C([Se])=Nc1ccc(C)cc1. The molecule has 0 aromatic heterocycles. The molecule has 1 heterocycles. The van der Waals surface area contributed by atoms with Crippen LogP contribution in [0.1, 0.15) is 65.9 Å². The van der Waals surface area contributed by atoms with Gasteiger partial charge in [-0.3, -0.25) is 0 Å². The van der Waals surface area contributed by atoms with Crippen molar-refractivity contribution in [3.8, 4) is 0 Å². The third-order valence-corrected chi connectivity index (χ3v) is 12.2. The summed E-state index contributed by atoms with van der Waals surface area (Å²) in [5.41, 5.74) is 6.25. The second-order valence-electron chi connectivity index (χ2n) is 10.7. The summed E-state index contributed by atoms with van der Waals surface area (Å²) < 4.78 is 7.26. The van der Waals surface area contributed by atoms with Crippen LogP contribution in [0.3, 0.4) is 0 Å². The van der Waals surface area contributed by atoms with Gasteiger partial charge in [0, 0.05) is 0 Å². The molecule has 1 aliphatic rings. The average Bonchev–Trinajstić information content (AvgIpc) is 2.70. The van der Waals surface area contributed by atoms with E-state index in [1.54, 1.807) is 4.90 Å². The summed E-state index contributed by atoms with van der Waals surface area (Å²) in [6.45, 7) is 21.4. The maximum absolute atomic E-state index is 13.5. The van der Waals surface area contributed by atoms with Crippen molar-refractivity contribution in [2.45, 2.75) is 97.5 Å². The van der Waals surface area contributed by atoms with Crippen LogP contribution in [0.4, 0.5) is 5.69 Å². The standard InChI is InChI=1S/C27H41N2O2SeSi/c1-10-12-13-14-21(11-2)24-23(20(4)31-33(8,9)27(5,6)7)25(30)29(24)26(32)28-22-17-15-19(3)16-18-22/h15-18,20,23-24H,2,10,12-14H2,1,3-9H3/t20-,23-,24-/m1/s1. The number of benzene rings is 1. The summed E-state index contributed by atoms with van der Waals surface area (Å²) in [6.07, 6.45) is 4.06. The molecular formula is C27H41N2O2SeSi. The van der Waals surface area contributed by atoms with Crippen molar-refractivity contribution < 1.29 is 9.22 Å². The van der Waals surface area contributed by atoms with E-state index in [-0.39, 0.29) is 29.0 Å². The Balaban J connectivity index is 2.37. The Morgan fingerprint density at radius 2 is 1.88 bits per heavy atom. The number of hydrogen-bond acceptors (Lipinski definition) is 3. The predicted octanol–water partition coefficient (Wildman–Crippen LogP) is 6.68. The number of aryl methyl sites for hydroxylation is 1. The number of amides is 1. The van der Waals surface area contributed by atoms with Gasteiger partial charge in [-0.05, 0) is 0 Å². The van der Waals surface area contributed by atoms with Gasteiger partial charge in [-0.1, -0.05) is 0 Å². The number of likely N-dealkylation sites (tertiary alicyclic amines) is 1. The average molecular weight is 533 g/mol. The van der Waals surface area contributed by atoms with Crippen LogP contribution in [0.5, 0.6) is 0 Å². The molecule has 1 amide bonds. The van der Waals surface area contributed by atoms with Gasteiger partial charge in [0.05, 0.1) is 0 Å². The number of carbonyl (C=O) groups is 1. The van der Waals surface area contributed by atoms with Gasteiger partial charge < -0.3 is 0 Å². The van der Waals surface area contributed by atoms with Gasteiger partial charge in [-0.25, -0.2) is 0 Å². The second kappa shape index (κ2) is 11.3.